The molecule has 1 aromatic rings. The van der Waals surface area contributed by atoms with Crippen molar-refractivity contribution in [3.05, 3.63) is 42.0 Å². The zero-order chi connectivity index (χ0) is 18.5. The minimum atomic E-state index is -0.203. The summed E-state index contributed by atoms with van der Waals surface area (Å²) >= 11 is 0. The van der Waals surface area contributed by atoms with Crippen LogP contribution in [0, 0.1) is 11.8 Å². The number of hydrogen-bond donors (Lipinski definition) is 3. The van der Waals surface area contributed by atoms with E-state index in [9.17, 15) is 9.90 Å². The first kappa shape index (κ1) is 18.9. The van der Waals surface area contributed by atoms with E-state index in [4.69, 9.17) is 4.74 Å². The van der Waals surface area contributed by atoms with Gasteiger partial charge < -0.3 is 20.5 Å². The molecule has 2 aliphatic rings. The summed E-state index contributed by atoms with van der Waals surface area (Å²) in [7, 11) is 0. The molecule has 1 atom stereocenters. The molecule has 26 heavy (non-hydrogen) atoms. The van der Waals surface area contributed by atoms with Crippen molar-refractivity contribution in [2.45, 2.75) is 44.8 Å². The van der Waals surface area contributed by atoms with Crippen molar-refractivity contribution < 1.29 is 14.6 Å². The number of nitrogens with one attached hydrogen (secondary N) is 2. The largest absolute Gasteiger partial charge is 0.489 e. The summed E-state index contributed by atoms with van der Waals surface area (Å²) in [5.41, 5.74) is 1.60. The number of ether oxygens (including phenoxy) is 1. The summed E-state index contributed by atoms with van der Waals surface area (Å²) in [5, 5.41) is 16.3. The third kappa shape index (κ3) is 4.86. The van der Waals surface area contributed by atoms with Crippen molar-refractivity contribution >= 4 is 5.91 Å². The molecule has 1 saturated heterocycles. The normalized spacial score (nSPS) is 24.4. The summed E-state index contributed by atoms with van der Waals surface area (Å²) in [6, 6.07) is 7.40. The highest BCUT2D eigenvalue weighted by molar-refractivity contribution is 5.94. The highest BCUT2D eigenvalue weighted by atomic mass is 16.5. The smallest absolute Gasteiger partial charge is 0.251 e. The number of rotatable bonds is 7. The van der Waals surface area contributed by atoms with Gasteiger partial charge in [0.25, 0.3) is 5.91 Å². The number of aliphatic hydroxyl groups is 1. The molecule has 1 heterocycles. The Morgan fingerprint density at radius 2 is 1.92 bits per heavy atom. The molecule has 5 nitrogen and oxygen atoms in total. The minimum Gasteiger partial charge on any atom is -0.489 e. The number of aliphatic hydroxyl groups excluding tert-OH is 1. The zero-order valence-corrected chi connectivity index (χ0v) is 15.5. The molecule has 1 saturated carbocycles. The fraction of sp³-hybridized carbons (Fsp3) is 0.571. The van der Waals surface area contributed by atoms with Gasteiger partial charge in [-0.2, -0.15) is 0 Å². The zero-order valence-electron chi connectivity index (χ0n) is 15.5. The van der Waals surface area contributed by atoms with Crippen LogP contribution in [0.3, 0.4) is 0 Å². The Balaban J connectivity index is 1.62. The summed E-state index contributed by atoms with van der Waals surface area (Å²) in [6.45, 7) is 8.22. The van der Waals surface area contributed by atoms with Crippen LogP contribution in [0.15, 0.2) is 36.4 Å². The van der Waals surface area contributed by atoms with Crippen LogP contribution in [-0.4, -0.2) is 42.9 Å². The number of carbonyl (C=O) groups excluding carboxylic acids is 1. The van der Waals surface area contributed by atoms with Gasteiger partial charge in [0.05, 0.1) is 6.10 Å². The predicted octanol–water partition coefficient (Wildman–Crippen LogP) is 2.51. The van der Waals surface area contributed by atoms with Gasteiger partial charge in [0, 0.05) is 11.6 Å². The molecule has 0 aromatic heterocycles. The van der Waals surface area contributed by atoms with Crippen LogP contribution in [0.25, 0.3) is 0 Å². The van der Waals surface area contributed by atoms with Gasteiger partial charge in [-0.05, 0) is 87.4 Å². The molecular formula is C21H30N2O3. The number of hydrogen-bond acceptors (Lipinski definition) is 4. The van der Waals surface area contributed by atoms with Gasteiger partial charge in [-0.1, -0.05) is 6.58 Å². The third-order valence-corrected chi connectivity index (χ3v) is 5.45. The van der Waals surface area contributed by atoms with Gasteiger partial charge in [-0.25, -0.2) is 0 Å². The van der Waals surface area contributed by atoms with E-state index in [0.29, 0.717) is 24.0 Å². The Bertz CT molecular complexity index is 617. The second-order valence-electron chi connectivity index (χ2n) is 7.74. The lowest BCUT2D eigenvalue weighted by molar-refractivity contribution is 0.00919. The SMILES string of the molecule is C=C(C)COc1ccc(C(=O)NC(C2CCNCC2)C2CC(O)C2)cc1. The van der Waals surface area contributed by atoms with Crippen molar-refractivity contribution in [1.82, 2.24) is 10.6 Å². The topological polar surface area (TPSA) is 70.6 Å². The van der Waals surface area contributed by atoms with Crippen LogP contribution in [-0.2, 0) is 0 Å². The highest BCUT2D eigenvalue weighted by Crippen LogP contribution is 2.36. The van der Waals surface area contributed by atoms with Crippen molar-refractivity contribution in [2.24, 2.45) is 11.8 Å². The quantitative estimate of drug-likeness (QED) is 0.655. The number of benzene rings is 1. The number of carbonyl (C=O) groups is 1. The van der Waals surface area contributed by atoms with Crippen LogP contribution >= 0.6 is 0 Å². The second-order valence-corrected chi connectivity index (χ2v) is 7.74. The third-order valence-electron chi connectivity index (χ3n) is 5.45. The molecule has 1 aromatic carbocycles. The molecule has 2 fully saturated rings. The van der Waals surface area contributed by atoms with Gasteiger partial charge in [0.1, 0.15) is 12.4 Å². The highest BCUT2D eigenvalue weighted by Gasteiger charge is 2.39. The van der Waals surface area contributed by atoms with Crippen LogP contribution in [0.2, 0.25) is 0 Å². The fourth-order valence-corrected chi connectivity index (χ4v) is 3.89. The van der Waals surface area contributed by atoms with E-state index in [-0.39, 0.29) is 18.1 Å². The Kier molecular flexibility index (Phi) is 6.33. The summed E-state index contributed by atoms with van der Waals surface area (Å²) in [4.78, 5) is 12.8. The van der Waals surface area contributed by atoms with E-state index >= 15 is 0 Å². The molecule has 1 aliphatic heterocycles. The Morgan fingerprint density at radius 3 is 2.50 bits per heavy atom. The van der Waals surface area contributed by atoms with E-state index in [1.807, 2.05) is 19.1 Å². The van der Waals surface area contributed by atoms with E-state index < -0.39 is 0 Å². The molecule has 0 radical (unpaired) electrons. The molecule has 3 rings (SSSR count). The molecule has 1 unspecified atom stereocenters. The average Bonchev–Trinajstić information content (AvgIpc) is 2.63. The van der Waals surface area contributed by atoms with Crippen molar-refractivity contribution in [1.29, 1.82) is 0 Å². The van der Waals surface area contributed by atoms with Gasteiger partial charge in [-0.15, -0.1) is 0 Å². The minimum absolute atomic E-state index is 0.0404. The van der Waals surface area contributed by atoms with E-state index in [0.717, 1.165) is 50.1 Å². The standard InChI is InChI=1S/C21H30N2O3/c1-14(2)13-26-19-5-3-16(4-6-19)21(25)23-20(17-11-18(24)12-17)15-7-9-22-10-8-15/h3-6,15,17-18,20,22,24H,1,7-13H2,2H3,(H,23,25). The van der Waals surface area contributed by atoms with Crippen molar-refractivity contribution in [3.63, 3.8) is 0 Å². The lowest BCUT2D eigenvalue weighted by atomic mass is 9.71. The summed E-state index contributed by atoms with van der Waals surface area (Å²) < 4.78 is 5.59. The molecule has 1 amide bonds. The predicted molar refractivity (Wildman–Crippen MR) is 102 cm³/mol. The first-order valence-electron chi connectivity index (χ1n) is 9.60. The fourth-order valence-electron chi connectivity index (χ4n) is 3.89. The van der Waals surface area contributed by atoms with E-state index in [2.05, 4.69) is 17.2 Å². The van der Waals surface area contributed by atoms with E-state index in [1.54, 1.807) is 12.1 Å². The lowest BCUT2D eigenvalue weighted by Crippen LogP contribution is -2.52. The van der Waals surface area contributed by atoms with Crippen LogP contribution in [0.4, 0.5) is 0 Å². The van der Waals surface area contributed by atoms with Crippen LogP contribution in [0.1, 0.15) is 43.0 Å². The van der Waals surface area contributed by atoms with Crippen LogP contribution in [0.5, 0.6) is 5.75 Å². The van der Waals surface area contributed by atoms with Crippen LogP contribution < -0.4 is 15.4 Å². The second kappa shape index (κ2) is 8.69. The van der Waals surface area contributed by atoms with E-state index in [1.165, 1.54) is 0 Å². The molecule has 0 bridgehead atoms. The van der Waals surface area contributed by atoms with Gasteiger partial charge >= 0.3 is 0 Å². The first-order valence-corrected chi connectivity index (χ1v) is 9.60. The maximum absolute atomic E-state index is 12.8. The molecule has 5 heteroatoms. The Hall–Kier alpha value is -1.85. The number of piperidine rings is 1. The Morgan fingerprint density at radius 1 is 1.27 bits per heavy atom. The molecule has 1 aliphatic carbocycles. The van der Waals surface area contributed by atoms with Gasteiger partial charge in [0.15, 0.2) is 0 Å². The molecule has 0 spiro atoms. The monoisotopic (exact) mass is 358 g/mol. The van der Waals surface area contributed by atoms with Gasteiger partial charge in [0.2, 0.25) is 0 Å². The lowest BCUT2D eigenvalue weighted by Gasteiger charge is -2.43. The Labute approximate surface area is 155 Å². The molecule has 142 valence electrons. The summed E-state index contributed by atoms with van der Waals surface area (Å²) in [5.74, 6) is 1.56. The maximum Gasteiger partial charge on any atom is 0.251 e. The maximum atomic E-state index is 12.8. The molecule has 3 N–H and O–H groups in total. The first-order chi connectivity index (χ1) is 12.5. The number of amides is 1. The van der Waals surface area contributed by atoms with Crippen molar-refractivity contribution in [3.8, 4) is 5.75 Å². The van der Waals surface area contributed by atoms with Crippen molar-refractivity contribution in [2.75, 3.05) is 19.7 Å². The summed E-state index contributed by atoms with van der Waals surface area (Å²) in [6.07, 6.45) is 3.53. The molecular weight excluding hydrogens is 328 g/mol. The van der Waals surface area contributed by atoms with Gasteiger partial charge in [-0.3, -0.25) is 4.79 Å². The average molecular weight is 358 g/mol.